The first-order valence-corrected chi connectivity index (χ1v) is 9.28. The molecule has 4 heteroatoms. The summed E-state index contributed by atoms with van der Waals surface area (Å²) in [5.74, 6) is 1.01. The second-order valence-corrected chi connectivity index (χ2v) is 6.62. The second kappa shape index (κ2) is 9.18. The van der Waals surface area contributed by atoms with Crippen LogP contribution < -0.4 is 4.74 Å². The molecule has 0 spiro atoms. The van der Waals surface area contributed by atoms with Crippen molar-refractivity contribution in [1.82, 2.24) is 4.90 Å². The topological polar surface area (TPSA) is 30.9 Å². The molecule has 0 bridgehead atoms. The first-order chi connectivity index (χ1) is 12.3. The van der Waals surface area contributed by atoms with E-state index in [4.69, 9.17) is 14.2 Å². The molecule has 0 aromatic heterocycles. The van der Waals surface area contributed by atoms with Crippen LogP contribution in [-0.4, -0.2) is 51.0 Å². The Hall–Kier alpha value is -1.62. The predicted octanol–water partition coefficient (Wildman–Crippen LogP) is 3.87. The number of hydrogen-bond donors (Lipinski definition) is 0. The molecule has 0 N–H and O–H groups in total. The zero-order chi connectivity index (χ0) is 17.5. The lowest BCUT2D eigenvalue weighted by molar-refractivity contribution is -0.0433. The van der Waals surface area contributed by atoms with Crippen molar-refractivity contribution in [1.29, 1.82) is 0 Å². The van der Waals surface area contributed by atoms with Gasteiger partial charge in [-0.1, -0.05) is 37.3 Å². The summed E-state index contributed by atoms with van der Waals surface area (Å²) < 4.78 is 17.1. The van der Waals surface area contributed by atoms with E-state index in [0.29, 0.717) is 0 Å². The molecule has 0 radical (unpaired) electrons. The lowest BCUT2D eigenvalue weighted by Gasteiger charge is -2.33. The maximum Gasteiger partial charge on any atom is 0.124 e. The van der Waals surface area contributed by atoms with Crippen molar-refractivity contribution in [3.8, 4) is 5.75 Å². The fourth-order valence-electron chi connectivity index (χ4n) is 3.40. The van der Waals surface area contributed by atoms with Gasteiger partial charge >= 0.3 is 0 Å². The molecule has 136 valence electrons. The summed E-state index contributed by atoms with van der Waals surface area (Å²) in [6.45, 7) is 7.23. The van der Waals surface area contributed by atoms with Crippen LogP contribution in [0.3, 0.4) is 0 Å². The smallest absolute Gasteiger partial charge is 0.124 e. The molecule has 0 amide bonds. The normalized spacial score (nSPS) is 18.6. The van der Waals surface area contributed by atoms with Gasteiger partial charge in [-0.25, -0.2) is 0 Å². The monoisotopic (exact) mass is 343 g/mol. The number of hydrogen-bond acceptors (Lipinski definition) is 4. The van der Waals surface area contributed by atoms with E-state index in [2.05, 4.69) is 48.2 Å². The van der Waals surface area contributed by atoms with Crippen LogP contribution in [0, 0.1) is 0 Å². The van der Waals surface area contributed by atoms with E-state index in [1.165, 1.54) is 16.3 Å². The minimum Gasteiger partial charge on any atom is -0.493 e. The fraction of sp³-hybridized carbons (Fsp3) is 0.524. The van der Waals surface area contributed by atoms with Crippen molar-refractivity contribution >= 4 is 10.8 Å². The summed E-state index contributed by atoms with van der Waals surface area (Å²) in [5, 5.41) is 2.56. The standard InChI is InChI=1S/C21H29NO3/c1-3-12-25-21-9-8-17-6-4-5-7-19(17)20(21)16-22-11-14-24-18(15-22)10-13-23-2/h4-9,18H,3,10-16H2,1-2H3/t18-/m0/s1. The minimum absolute atomic E-state index is 0.253. The Morgan fingerprint density at radius 1 is 1.16 bits per heavy atom. The van der Waals surface area contributed by atoms with Crippen molar-refractivity contribution in [2.45, 2.75) is 32.4 Å². The maximum atomic E-state index is 6.05. The van der Waals surface area contributed by atoms with E-state index in [1.54, 1.807) is 7.11 Å². The highest BCUT2D eigenvalue weighted by Gasteiger charge is 2.22. The molecule has 4 nitrogen and oxygen atoms in total. The molecule has 1 saturated heterocycles. The number of fused-ring (bicyclic) bond motifs is 1. The average Bonchev–Trinajstić information content (AvgIpc) is 2.66. The molecule has 0 saturated carbocycles. The van der Waals surface area contributed by atoms with Gasteiger partial charge < -0.3 is 14.2 Å². The Morgan fingerprint density at radius 3 is 2.88 bits per heavy atom. The molecule has 2 aromatic carbocycles. The van der Waals surface area contributed by atoms with Crippen molar-refractivity contribution in [3.63, 3.8) is 0 Å². The molecular formula is C21H29NO3. The summed E-state index contributed by atoms with van der Waals surface area (Å²) in [4.78, 5) is 2.48. The van der Waals surface area contributed by atoms with Crippen LogP contribution in [0.5, 0.6) is 5.75 Å². The number of nitrogens with zero attached hydrogens (tertiary/aromatic N) is 1. The Morgan fingerprint density at radius 2 is 2.04 bits per heavy atom. The largest absolute Gasteiger partial charge is 0.493 e. The lowest BCUT2D eigenvalue weighted by atomic mass is 10.0. The second-order valence-electron chi connectivity index (χ2n) is 6.62. The van der Waals surface area contributed by atoms with E-state index < -0.39 is 0 Å². The number of rotatable bonds is 8. The Labute approximate surface area is 150 Å². The zero-order valence-electron chi connectivity index (χ0n) is 15.4. The highest BCUT2D eigenvalue weighted by Crippen LogP contribution is 2.30. The zero-order valence-corrected chi connectivity index (χ0v) is 15.4. The van der Waals surface area contributed by atoms with Crippen LogP contribution in [-0.2, 0) is 16.0 Å². The van der Waals surface area contributed by atoms with Crippen LogP contribution >= 0.6 is 0 Å². The molecule has 3 rings (SSSR count). The number of morpholine rings is 1. The molecule has 0 unspecified atom stereocenters. The van der Waals surface area contributed by atoms with Crippen LogP contribution in [0.2, 0.25) is 0 Å². The Bertz CT molecular complexity index is 673. The van der Waals surface area contributed by atoms with Crippen LogP contribution in [0.4, 0.5) is 0 Å². The average molecular weight is 343 g/mol. The highest BCUT2D eigenvalue weighted by atomic mass is 16.5. The fourth-order valence-corrected chi connectivity index (χ4v) is 3.40. The van der Waals surface area contributed by atoms with E-state index in [1.807, 2.05) is 0 Å². The summed E-state index contributed by atoms with van der Waals surface area (Å²) >= 11 is 0. The van der Waals surface area contributed by atoms with Crippen LogP contribution in [0.25, 0.3) is 10.8 Å². The van der Waals surface area contributed by atoms with Crippen molar-refractivity contribution < 1.29 is 14.2 Å². The summed E-state index contributed by atoms with van der Waals surface area (Å²) in [6, 6.07) is 12.8. The van der Waals surface area contributed by atoms with Crippen molar-refractivity contribution in [2.24, 2.45) is 0 Å². The van der Waals surface area contributed by atoms with Gasteiger partial charge in [-0.05, 0) is 29.7 Å². The quantitative estimate of drug-likeness (QED) is 0.728. The molecule has 1 aliphatic heterocycles. The first kappa shape index (κ1) is 18.2. The molecule has 25 heavy (non-hydrogen) atoms. The third-order valence-electron chi connectivity index (χ3n) is 4.71. The van der Waals surface area contributed by atoms with Gasteiger partial charge in [0.25, 0.3) is 0 Å². The molecule has 2 aromatic rings. The van der Waals surface area contributed by atoms with E-state index in [0.717, 1.165) is 58.0 Å². The molecule has 1 atom stereocenters. The lowest BCUT2D eigenvalue weighted by Crippen LogP contribution is -2.42. The molecule has 1 aliphatic rings. The highest BCUT2D eigenvalue weighted by molar-refractivity contribution is 5.87. The predicted molar refractivity (Wildman–Crippen MR) is 101 cm³/mol. The Kier molecular flexibility index (Phi) is 6.68. The van der Waals surface area contributed by atoms with Crippen LogP contribution in [0.15, 0.2) is 36.4 Å². The summed E-state index contributed by atoms with van der Waals surface area (Å²) in [7, 11) is 1.74. The van der Waals surface area contributed by atoms with Crippen molar-refractivity contribution in [3.05, 3.63) is 42.0 Å². The van der Waals surface area contributed by atoms with Gasteiger partial charge in [-0.15, -0.1) is 0 Å². The van der Waals surface area contributed by atoms with Crippen molar-refractivity contribution in [2.75, 3.05) is 40.0 Å². The van der Waals surface area contributed by atoms with Gasteiger partial charge in [0, 0.05) is 38.9 Å². The summed E-state index contributed by atoms with van der Waals surface area (Å²) in [6.07, 6.45) is 2.22. The van der Waals surface area contributed by atoms with E-state index in [-0.39, 0.29) is 6.10 Å². The number of benzene rings is 2. The number of methoxy groups -OCH3 is 1. The molecule has 1 heterocycles. The number of ether oxygens (including phenoxy) is 3. The summed E-state index contributed by atoms with van der Waals surface area (Å²) in [5.41, 5.74) is 1.29. The van der Waals surface area contributed by atoms with Gasteiger partial charge in [0.05, 0.1) is 19.3 Å². The third kappa shape index (κ3) is 4.72. The van der Waals surface area contributed by atoms with Gasteiger partial charge in [0.2, 0.25) is 0 Å². The van der Waals surface area contributed by atoms with Gasteiger partial charge in [0.15, 0.2) is 0 Å². The maximum absolute atomic E-state index is 6.05. The molecule has 0 aliphatic carbocycles. The van der Waals surface area contributed by atoms with Crippen LogP contribution in [0.1, 0.15) is 25.3 Å². The van der Waals surface area contributed by atoms with Gasteiger partial charge in [-0.2, -0.15) is 0 Å². The third-order valence-corrected chi connectivity index (χ3v) is 4.71. The first-order valence-electron chi connectivity index (χ1n) is 9.28. The minimum atomic E-state index is 0.253. The van der Waals surface area contributed by atoms with E-state index in [9.17, 15) is 0 Å². The van der Waals surface area contributed by atoms with E-state index >= 15 is 0 Å². The Balaban J connectivity index is 1.80. The SMILES string of the molecule is CCCOc1ccc2ccccc2c1CN1CCO[C@@H](CCOC)C1. The molecule has 1 fully saturated rings. The molecular weight excluding hydrogens is 314 g/mol. The van der Waals surface area contributed by atoms with Gasteiger partial charge in [0.1, 0.15) is 5.75 Å². The van der Waals surface area contributed by atoms with Gasteiger partial charge in [-0.3, -0.25) is 4.90 Å².